The van der Waals surface area contributed by atoms with E-state index in [9.17, 15) is 9.59 Å². The molecule has 0 bridgehead atoms. The molecule has 2 heterocycles. The molecule has 1 aliphatic carbocycles. The van der Waals surface area contributed by atoms with Crippen LogP contribution >= 0.6 is 22.6 Å². The molecule has 2 aliphatic rings. The van der Waals surface area contributed by atoms with Crippen molar-refractivity contribution in [2.24, 2.45) is 10.8 Å². The second kappa shape index (κ2) is 5.11. The molecule has 1 atom stereocenters. The zero-order valence-corrected chi connectivity index (χ0v) is 14.4. The number of furan rings is 1. The Kier molecular flexibility index (Phi) is 3.66. The molecule has 0 amide bonds. The van der Waals surface area contributed by atoms with Crippen molar-refractivity contribution in [2.45, 2.75) is 52.1 Å². The van der Waals surface area contributed by atoms with Crippen molar-refractivity contribution in [3.05, 3.63) is 21.7 Å². The summed E-state index contributed by atoms with van der Waals surface area (Å²) in [6.07, 6.45) is 4.08. The van der Waals surface area contributed by atoms with Gasteiger partial charge >= 0.3 is 5.97 Å². The van der Waals surface area contributed by atoms with E-state index in [1.165, 1.54) is 0 Å². The molecule has 1 saturated carbocycles. The Morgan fingerprint density at radius 2 is 1.81 bits per heavy atom. The summed E-state index contributed by atoms with van der Waals surface area (Å²) in [4.78, 5) is 25.3. The number of halogens is 1. The Bertz CT molecular complexity index is 581. The summed E-state index contributed by atoms with van der Waals surface area (Å²) < 4.78 is 12.1. The molecule has 114 valence electrons. The lowest BCUT2D eigenvalue weighted by atomic mass is 9.59. The highest BCUT2D eigenvalue weighted by Gasteiger charge is 2.61. The molecule has 3 rings (SSSR count). The lowest BCUT2D eigenvalue weighted by molar-refractivity contribution is -0.194. The number of ether oxygens (including phenoxy) is 1. The molecule has 0 unspecified atom stereocenters. The van der Waals surface area contributed by atoms with Gasteiger partial charge in [0.05, 0.1) is 5.41 Å². The summed E-state index contributed by atoms with van der Waals surface area (Å²) >= 11 is 2.08. The Morgan fingerprint density at radius 1 is 1.14 bits per heavy atom. The summed E-state index contributed by atoms with van der Waals surface area (Å²) in [6.45, 7) is 3.35. The highest BCUT2D eigenvalue weighted by molar-refractivity contribution is 14.1. The van der Waals surface area contributed by atoms with Gasteiger partial charge in [-0.25, -0.2) is 0 Å². The second-order valence-corrected chi connectivity index (χ2v) is 7.66. The molecule has 0 N–H and O–H groups in total. The summed E-state index contributed by atoms with van der Waals surface area (Å²) in [5.74, 6) is 0.168. The van der Waals surface area contributed by atoms with Crippen LogP contribution in [0.15, 0.2) is 16.5 Å². The zero-order valence-electron chi connectivity index (χ0n) is 12.3. The highest BCUT2D eigenvalue weighted by atomic mass is 127. The summed E-state index contributed by atoms with van der Waals surface area (Å²) in [6, 6.07) is 3.66. The minimum Gasteiger partial charge on any atom is -0.452 e. The maximum atomic E-state index is 13.1. The van der Waals surface area contributed by atoms with Gasteiger partial charge in [0.2, 0.25) is 0 Å². The number of rotatable bonds is 1. The molecule has 1 spiro atoms. The number of carbonyl (C=O) groups excluding carboxylic acids is 2. The number of Topliss-reactive ketones (excluding diaryl/α,β-unsaturated/α-hetero) is 1. The first-order valence-corrected chi connectivity index (χ1v) is 8.47. The van der Waals surface area contributed by atoms with Crippen molar-refractivity contribution in [1.82, 2.24) is 0 Å². The normalized spacial score (nSPS) is 27.7. The Labute approximate surface area is 137 Å². The van der Waals surface area contributed by atoms with Crippen molar-refractivity contribution in [2.75, 3.05) is 0 Å². The van der Waals surface area contributed by atoms with E-state index >= 15 is 0 Å². The predicted molar refractivity (Wildman–Crippen MR) is 84.6 cm³/mol. The number of esters is 1. The number of ketones is 1. The molecular formula is C16H19IO4. The molecule has 1 aliphatic heterocycles. The third kappa shape index (κ3) is 2.24. The lowest BCUT2D eigenvalue weighted by Crippen LogP contribution is -2.55. The average Bonchev–Trinajstić information content (AvgIpc) is 2.89. The lowest BCUT2D eigenvalue weighted by Gasteiger charge is -2.48. The summed E-state index contributed by atoms with van der Waals surface area (Å²) in [7, 11) is 0. The zero-order chi connectivity index (χ0) is 15.3. The van der Waals surface area contributed by atoms with E-state index in [1.54, 1.807) is 13.8 Å². The van der Waals surface area contributed by atoms with Crippen LogP contribution in [0.2, 0.25) is 0 Å². The van der Waals surface area contributed by atoms with E-state index in [1.807, 2.05) is 12.1 Å². The van der Waals surface area contributed by atoms with Crippen LogP contribution in [-0.2, 0) is 14.3 Å². The first-order valence-electron chi connectivity index (χ1n) is 7.39. The quantitative estimate of drug-likeness (QED) is 0.405. The molecule has 4 nitrogen and oxygen atoms in total. The van der Waals surface area contributed by atoms with Gasteiger partial charge in [-0.15, -0.1) is 0 Å². The van der Waals surface area contributed by atoms with Crippen LogP contribution in [0.3, 0.4) is 0 Å². The minimum atomic E-state index is -1.06. The first-order chi connectivity index (χ1) is 9.88. The predicted octanol–water partition coefficient (Wildman–Crippen LogP) is 4.03. The van der Waals surface area contributed by atoms with E-state index in [-0.39, 0.29) is 5.78 Å². The van der Waals surface area contributed by atoms with Crippen molar-refractivity contribution >= 4 is 34.3 Å². The van der Waals surface area contributed by atoms with Gasteiger partial charge in [0, 0.05) is 0 Å². The van der Waals surface area contributed by atoms with Gasteiger partial charge in [-0.1, -0.05) is 19.3 Å². The largest absolute Gasteiger partial charge is 0.452 e. The van der Waals surface area contributed by atoms with Crippen molar-refractivity contribution in [3.63, 3.8) is 0 Å². The van der Waals surface area contributed by atoms with Crippen LogP contribution < -0.4 is 0 Å². The number of carbonyl (C=O) groups is 2. The minimum absolute atomic E-state index is 0.0161. The maximum absolute atomic E-state index is 13.1. The van der Waals surface area contributed by atoms with Crippen LogP contribution in [0.1, 0.15) is 57.8 Å². The first kappa shape index (κ1) is 15.1. The molecule has 1 aromatic rings. The third-order valence-corrected chi connectivity index (χ3v) is 5.43. The van der Waals surface area contributed by atoms with E-state index in [2.05, 4.69) is 22.6 Å². The molecule has 0 radical (unpaired) electrons. The number of hydrogen-bond donors (Lipinski definition) is 0. The molecule has 2 fully saturated rings. The van der Waals surface area contributed by atoms with Crippen LogP contribution in [-0.4, -0.2) is 11.8 Å². The van der Waals surface area contributed by atoms with Gasteiger partial charge in [0.15, 0.2) is 15.7 Å². The van der Waals surface area contributed by atoms with Crippen molar-refractivity contribution < 1.29 is 18.7 Å². The number of hydrogen-bond acceptors (Lipinski definition) is 4. The van der Waals surface area contributed by atoms with Gasteiger partial charge in [-0.3, -0.25) is 9.59 Å². The molecule has 1 aromatic heterocycles. The van der Waals surface area contributed by atoms with E-state index in [0.29, 0.717) is 5.76 Å². The molecule has 1 saturated heterocycles. The van der Waals surface area contributed by atoms with Crippen molar-refractivity contribution in [3.8, 4) is 0 Å². The van der Waals surface area contributed by atoms with Crippen LogP contribution in [0.5, 0.6) is 0 Å². The smallest absolute Gasteiger partial charge is 0.319 e. The second-order valence-electron chi connectivity index (χ2n) is 6.60. The Hall–Kier alpha value is -0.850. The van der Waals surface area contributed by atoms with Crippen LogP contribution in [0.4, 0.5) is 0 Å². The van der Waals surface area contributed by atoms with Crippen molar-refractivity contribution in [1.29, 1.82) is 0 Å². The van der Waals surface area contributed by atoms with E-state index in [0.717, 1.165) is 35.9 Å². The number of cyclic esters (lactones) is 1. The summed E-state index contributed by atoms with van der Waals surface area (Å²) in [5.41, 5.74) is -1.68. The topological polar surface area (TPSA) is 56.5 Å². The van der Waals surface area contributed by atoms with Gasteiger partial charge in [0.1, 0.15) is 11.2 Å². The third-order valence-electron chi connectivity index (χ3n) is 4.86. The molecule has 21 heavy (non-hydrogen) atoms. The highest BCUT2D eigenvalue weighted by Crippen LogP contribution is 2.55. The van der Waals surface area contributed by atoms with E-state index < -0.39 is 22.9 Å². The molecule has 0 aromatic carbocycles. The van der Waals surface area contributed by atoms with Crippen LogP contribution in [0.25, 0.3) is 0 Å². The SMILES string of the molecule is CC1(C)C(=O)O[C@@H](c2ccc(I)o2)C2(CCCCC2)C1=O. The standard InChI is InChI=1S/C16H19IO4/c1-15(2)13(18)16(8-4-3-5-9-16)12(21-14(15)19)10-6-7-11(17)20-10/h6-7,12H,3-5,8-9H2,1-2H3/t12-/m0/s1. The average molecular weight is 402 g/mol. The fourth-order valence-electron chi connectivity index (χ4n) is 3.67. The maximum Gasteiger partial charge on any atom is 0.319 e. The fraction of sp³-hybridized carbons (Fsp3) is 0.625. The van der Waals surface area contributed by atoms with Crippen LogP contribution in [0, 0.1) is 14.6 Å². The fourth-order valence-corrected chi connectivity index (χ4v) is 4.11. The summed E-state index contributed by atoms with van der Waals surface area (Å²) in [5, 5.41) is 0. The Balaban J connectivity index is 2.08. The Morgan fingerprint density at radius 3 is 2.38 bits per heavy atom. The molecule has 5 heteroatoms. The monoisotopic (exact) mass is 402 g/mol. The van der Waals surface area contributed by atoms with E-state index in [4.69, 9.17) is 9.15 Å². The van der Waals surface area contributed by atoms with Gasteiger partial charge < -0.3 is 9.15 Å². The van der Waals surface area contributed by atoms with Gasteiger partial charge in [-0.2, -0.15) is 0 Å². The van der Waals surface area contributed by atoms with Gasteiger partial charge in [-0.05, 0) is 61.4 Å². The molecular weight excluding hydrogens is 383 g/mol. The van der Waals surface area contributed by atoms with Gasteiger partial charge in [0.25, 0.3) is 0 Å².